The van der Waals surface area contributed by atoms with Crippen molar-refractivity contribution in [2.24, 2.45) is 0 Å². The van der Waals surface area contributed by atoms with Crippen LogP contribution in [0.15, 0.2) is 41.3 Å². The van der Waals surface area contributed by atoms with E-state index in [0.29, 0.717) is 0 Å². The molecule has 8 heteroatoms. The first kappa shape index (κ1) is 18.8. The van der Waals surface area contributed by atoms with Crippen LogP contribution in [-0.4, -0.2) is 20.1 Å². The standard InChI is InChI=1S/C17H14ClNO5S/c1-3-25(21,22)16-4-5-17(12(6-16)10-19)24-15-8-13(18)7-14(9-15)23-11(2)20/h4-9H,3H2,1-2H3. The molecule has 2 rings (SSSR count). The molecule has 2 aromatic carbocycles. The number of ether oxygens (including phenoxy) is 2. The molecule has 0 N–H and O–H groups in total. The van der Waals surface area contributed by atoms with Gasteiger partial charge in [0.2, 0.25) is 0 Å². The van der Waals surface area contributed by atoms with Gasteiger partial charge in [-0.15, -0.1) is 0 Å². The topological polar surface area (TPSA) is 93.5 Å². The fraction of sp³-hybridized carbons (Fsp3) is 0.176. The Morgan fingerprint density at radius 2 is 1.88 bits per heavy atom. The second-order valence-electron chi connectivity index (χ2n) is 4.99. The van der Waals surface area contributed by atoms with E-state index in [1.54, 1.807) is 0 Å². The minimum atomic E-state index is -3.43. The maximum Gasteiger partial charge on any atom is 0.308 e. The molecule has 0 saturated heterocycles. The van der Waals surface area contributed by atoms with E-state index in [1.807, 2.05) is 6.07 Å². The molecule has 130 valence electrons. The van der Waals surface area contributed by atoms with Gasteiger partial charge in [0, 0.05) is 18.0 Å². The Kier molecular flexibility index (Phi) is 5.67. The van der Waals surface area contributed by atoms with Crippen LogP contribution in [-0.2, 0) is 14.6 Å². The highest BCUT2D eigenvalue weighted by molar-refractivity contribution is 7.91. The molecular weight excluding hydrogens is 366 g/mol. The minimum Gasteiger partial charge on any atom is -0.456 e. The summed E-state index contributed by atoms with van der Waals surface area (Å²) in [5.41, 5.74) is 0.0588. The summed E-state index contributed by atoms with van der Waals surface area (Å²) in [6.07, 6.45) is 0. The normalized spacial score (nSPS) is 10.8. The molecule has 0 unspecified atom stereocenters. The Hall–Kier alpha value is -2.56. The molecule has 0 atom stereocenters. The Morgan fingerprint density at radius 1 is 1.20 bits per heavy atom. The summed E-state index contributed by atoms with van der Waals surface area (Å²) < 4.78 is 34.4. The minimum absolute atomic E-state index is 0.0468. The summed E-state index contributed by atoms with van der Waals surface area (Å²) in [6, 6.07) is 10.3. The number of nitriles is 1. The lowest BCUT2D eigenvalue weighted by atomic mass is 10.2. The van der Waals surface area contributed by atoms with Crippen LogP contribution in [0.4, 0.5) is 0 Å². The Bertz CT molecular complexity index is 963. The van der Waals surface area contributed by atoms with Crippen LogP contribution < -0.4 is 9.47 Å². The molecule has 0 fully saturated rings. The number of sulfone groups is 1. The highest BCUT2D eigenvalue weighted by Crippen LogP contribution is 2.32. The van der Waals surface area contributed by atoms with Gasteiger partial charge in [-0.25, -0.2) is 8.42 Å². The number of benzene rings is 2. The average molecular weight is 380 g/mol. The van der Waals surface area contributed by atoms with Crippen molar-refractivity contribution in [3.05, 3.63) is 47.0 Å². The van der Waals surface area contributed by atoms with Crippen LogP contribution in [0, 0.1) is 11.3 Å². The maximum atomic E-state index is 11.9. The zero-order valence-corrected chi connectivity index (χ0v) is 15.0. The number of halogens is 1. The van der Waals surface area contributed by atoms with Gasteiger partial charge in [-0.2, -0.15) is 5.26 Å². The lowest BCUT2D eigenvalue weighted by Crippen LogP contribution is -2.04. The molecule has 0 aliphatic rings. The molecule has 25 heavy (non-hydrogen) atoms. The number of carbonyl (C=O) groups excluding carboxylic acids is 1. The van der Waals surface area contributed by atoms with E-state index < -0.39 is 15.8 Å². The zero-order chi connectivity index (χ0) is 18.6. The molecular formula is C17H14ClNO5S. The van der Waals surface area contributed by atoms with Crippen LogP contribution in [0.1, 0.15) is 19.4 Å². The SMILES string of the molecule is CCS(=O)(=O)c1ccc(Oc2cc(Cl)cc(OC(C)=O)c2)c(C#N)c1. The van der Waals surface area contributed by atoms with Gasteiger partial charge in [-0.3, -0.25) is 4.79 Å². The fourth-order valence-corrected chi connectivity index (χ4v) is 3.11. The van der Waals surface area contributed by atoms with Crippen molar-refractivity contribution >= 4 is 27.4 Å². The Balaban J connectivity index is 2.39. The number of rotatable bonds is 5. The summed E-state index contributed by atoms with van der Waals surface area (Å²) in [7, 11) is -3.43. The first-order chi connectivity index (χ1) is 11.7. The Morgan fingerprint density at radius 3 is 2.48 bits per heavy atom. The molecule has 0 aliphatic carbocycles. The van der Waals surface area contributed by atoms with Crippen LogP contribution in [0.3, 0.4) is 0 Å². The van der Waals surface area contributed by atoms with E-state index in [0.717, 1.165) is 0 Å². The van der Waals surface area contributed by atoms with Crippen molar-refractivity contribution < 1.29 is 22.7 Å². The van der Waals surface area contributed by atoms with Crippen LogP contribution in [0.5, 0.6) is 17.2 Å². The van der Waals surface area contributed by atoms with Gasteiger partial charge in [0.25, 0.3) is 0 Å². The van der Waals surface area contributed by atoms with Crippen molar-refractivity contribution in [1.82, 2.24) is 0 Å². The van der Waals surface area contributed by atoms with Gasteiger partial charge in [-0.05, 0) is 30.3 Å². The molecule has 0 radical (unpaired) electrons. The summed E-state index contributed by atoms with van der Waals surface area (Å²) in [5.74, 6) is 0.0108. The van der Waals surface area contributed by atoms with E-state index in [9.17, 15) is 18.5 Å². The van der Waals surface area contributed by atoms with Gasteiger partial charge >= 0.3 is 5.97 Å². The lowest BCUT2D eigenvalue weighted by Gasteiger charge is -2.11. The molecule has 0 aliphatic heterocycles. The summed E-state index contributed by atoms with van der Waals surface area (Å²) >= 11 is 5.96. The largest absolute Gasteiger partial charge is 0.456 e. The van der Waals surface area contributed by atoms with Crippen molar-refractivity contribution in [2.75, 3.05) is 5.75 Å². The Labute approximate surface area is 150 Å². The predicted molar refractivity (Wildman–Crippen MR) is 91.7 cm³/mol. The molecule has 0 saturated carbocycles. The third-order valence-electron chi connectivity index (χ3n) is 3.14. The number of hydrogen-bond donors (Lipinski definition) is 0. The van der Waals surface area contributed by atoms with Crippen molar-refractivity contribution in [2.45, 2.75) is 18.7 Å². The molecule has 0 heterocycles. The van der Waals surface area contributed by atoms with Crippen molar-refractivity contribution in [1.29, 1.82) is 5.26 Å². The quantitative estimate of drug-likeness (QED) is 0.580. The summed E-state index contributed by atoms with van der Waals surface area (Å²) in [6.45, 7) is 2.77. The summed E-state index contributed by atoms with van der Waals surface area (Å²) in [5, 5.41) is 9.54. The predicted octanol–water partition coefficient (Wildman–Crippen LogP) is 3.72. The zero-order valence-electron chi connectivity index (χ0n) is 13.4. The lowest BCUT2D eigenvalue weighted by molar-refractivity contribution is -0.131. The van der Waals surface area contributed by atoms with Gasteiger partial charge in [0.05, 0.1) is 16.2 Å². The maximum absolute atomic E-state index is 11.9. The van der Waals surface area contributed by atoms with E-state index in [-0.39, 0.29) is 38.5 Å². The third-order valence-corrected chi connectivity index (χ3v) is 5.10. The number of carbonyl (C=O) groups is 1. The van der Waals surface area contributed by atoms with Crippen molar-refractivity contribution in [3.63, 3.8) is 0 Å². The second-order valence-corrected chi connectivity index (χ2v) is 7.71. The third kappa shape index (κ3) is 4.72. The van der Waals surface area contributed by atoms with Crippen LogP contribution in [0.25, 0.3) is 0 Å². The van der Waals surface area contributed by atoms with Gasteiger partial charge in [0.15, 0.2) is 9.84 Å². The first-order valence-corrected chi connectivity index (χ1v) is 9.22. The molecule has 2 aromatic rings. The monoisotopic (exact) mass is 379 g/mol. The number of hydrogen-bond acceptors (Lipinski definition) is 6. The van der Waals surface area contributed by atoms with Crippen LogP contribution in [0.2, 0.25) is 5.02 Å². The molecule has 6 nitrogen and oxygen atoms in total. The van der Waals surface area contributed by atoms with E-state index in [4.69, 9.17) is 21.1 Å². The number of esters is 1. The summed E-state index contributed by atoms with van der Waals surface area (Å²) in [4.78, 5) is 11.1. The molecule has 0 amide bonds. The molecule has 0 aromatic heterocycles. The second kappa shape index (κ2) is 7.55. The smallest absolute Gasteiger partial charge is 0.308 e. The fourth-order valence-electron chi connectivity index (χ4n) is 1.99. The van der Waals surface area contributed by atoms with E-state index in [1.165, 1.54) is 50.2 Å². The van der Waals surface area contributed by atoms with E-state index in [2.05, 4.69) is 0 Å². The van der Waals surface area contributed by atoms with Crippen LogP contribution >= 0.6 is 11.6 Å². The van der Waals surface area contributed by atoms with E-state index >= 15 is 0 Å². The average Bonchev–Trinajstić information content (AvgIpc) is 2.53. The van der Waals surface area contributed by atoms with Gasteiger partial charge < -0.3 is 9.47 Å². The number of nitrogens with zero attached hydrogens (tertiary/aromatic N) is 1. The molecule has 0 spiro atoms. The van der Waals surface area contributed by atoms with Gasteiger partial charge in [-0.1, -0.05) is 18.5 Å². The van der Waals surface area contributed by atoms with Crippen molar-refractivity contribution in [3.8, 4) is 23.3 Å². The highest BCUT2D eigenvalue weighted by Gasteiger charge is 2.15. The highest BCUT2D eigenvalue weighted by atomic mass is 35.5. The molecule has 0 bridgehead atoms. The first-order valence-electron chi connectivity index (χ1n) is 7.19. The van der Waals surface area contributed by atoms with Gasteiger partial charge in [0.1, 0.15) is 23.3 Å².